The standard InChI is InChI=1S/C20H19N3O3/c1-13-5-7-15(26-13)8-10-19(24)21-14-6-9-17-16(12-14)20(25)23-11-3-2-4-18(23)22-17/h5-10,12H,2-4,11H2,1H3,(H,21,24)/b10-8+. The number of carbonyl (C=O) groups is 1. The van der Waals surface area contributed by atoms with E-state index in [2.05, 4.69) is 10.3 Å². The van der Waals surface area contributed by atoms with Crippen LogP contribution < -0.4 is 10.9 Å². The highest BCUT2D eigenvalue weighted by molar-refractivity contribution is 6.02. The number of aryl methyl sites for hydroxylation is 2. The summed E-state index contributed by atoms with van der Waals surface area (Å²) in [5, 5.41) is 3.30. The first-order valence-electron chi connectivity index (χ1n) is 8.69. The highest BCUT2D eigenvalue weighted by Gasteiger charge is 2.15. The smallest absolute Gasteiger partial charge is 0.261 e. The third kappa shape index (κ3) is 3.18. The molecular formula is C20H19N3O3. The first-order valence-corrected chi connectivity index (χ1v) is 8.69. The number of carbonyl (C=O) groups excluding carboxylic acids is 1. The molecule has 2 aromatic heterocycles. The van der Waals surface area contributed by atoms with E-state index in [1.54, 1.807) is 34.9 Å². The number of anilines is 1. The SMILES string of the molecule is Cc1ccc(/C=C/C(=O)Nc2ccc3nc4n(c(=O)c3c2)CCCC4)o1. The lowest BCUT2D eigenvalue weighted by Gasteiger charge is -2.17. The zero-order chi connectivity index (χ0) is 18.1. The topological polar surface area (TPSA) is 77.1 Å². The maximum absolute atomic E-state index is 12.7. The van der Waals surface area contributed by atoms with Crippen LogP contribution in [0.3, 0.4) is 0 Å². The number of nitrogens with one attached hydrogen (secondary N) is 1. The van der Waals surface area contributed by atoms with Crippen molar-refractivity contribution >= 4 is 28.6 Å². The Morgan fingerprint density at radius 2 is 2.15 bits per heavy atom. The van der Waals surface area contributed by atoms with Gasteiger partial charge in [0, 0.05) is 24.7 Å². The number of nitrogens with zero attached hydrogens (tertiary/aromatic N) is 2. The Labute approximate surface area is 150 Å². The number of benzene rings is 1. The van der Waals surface area contributed by atoms with Crippen LogP contribution in [0.25, 0.3) is 17.0 Å². The molecule has 0 saturated carbocycles. The average molecular weight is 349 g/mol. The van der Waals surface area contributed by atoms with Gasteiger partial charge in [0.15, 0.2) is 0 Å². The molecule has 0 bridgehead atoms. The van der Waals surface area contributed by atoms with Gasteiger partial charge < -0.3 is 9.73 Å². The summed E-state index contributed by atoms with van der Waals surface area (Å²) in [6.45, 7) is 2.55. The minimum Gasteiger partial charge on any atom is -0.462 e. The van der Waals surface area contributed by atoms with Crippen LogP contribution in [0.5, 0.6) is 0 Å². The summed E-state index contributed by atoms with van der Waals surface area (Å²) in [5.41, 5.74) is 1.20. The van der Waals surface area contributed by atoms with Crippen molar-refractivity contribution in [2.45, 2.75) is 32.7 Å². The van der Waals surface area contributed by atoms with E-state index >= 15 is 0 Å². The number of amides is 1. The summed E-state index contributed by atoms with van der Waals surface area (Å²) in [6, 6.07) is 8.86. The lowest BCUT2D eigenvalue weighted by molar-refractivity contribution is -0.111. The van der Waals surface area contributed by atoms with E-state index in [0.717, 1.165) is 30.8 Å². The minimum atomic E-state index is -0.288. The van der Waals surface area contributed by atoms with Crippen LogP contribution in [0.2, 0.25) is 0 Å². The summed E-state index contributed by atoms with van der Waals surface area (Å²) < 4.78 is 7.14. The number of hydrogen-bond donors (Lipinski definition) is 1. The fraction of sp³-hybridized carbons (Fsp3) is 0.250. The van der Waals surface area contributed by atoms with Gasteiger partial charge in [0.25, 0.3) is 5.56 Å². The van der Waals surface area contributed by atoms with E-state index in [9.17, 15) is 9.59 Å². The number of furan rings is 1. The highest BCUT2D eigenvalue weighted by atomic mass is 16.3. The second kappa shape index (κ2) is 6.63. The van der Waals surface area contributed by atoms with Gasteiger partial charge in [-0.25, -0.2) is 4.98 Å². The van der Waals surface area contributed by atoms with Gasteiger partial charge in [0.2, 0.25) is 5.91 Å². The summed E-state index contributed by atoms with van der Waals surface area (Å²) in [4.78, 5) is 29.4. The molecule has 0 fully saturated rings. The van der Waals surface area contributed by atoms with Gasteiger partial charge in [-0.3, -0.25) is 14.2 Å². The normalized spacial score (nSPS) is 13.9. The molecular weight excluding hydrogens is 330 g/mol. The van der Waals surface area contributed by atoms with Crippen LogP contribution in [0.4, 0.5) is 5.69 Å². The van der Waals surface area contributed by atoms with E-state index in [0.29, 0.717) is 28.9 Å². The molecule has 3 heterocycles. The summed E-state index contributed by atoms with van der Waals surface area (Å²) in [5.74, 6) is 1.97. The van der Waals surface area contributed by atoms with Gasteiger partial charge >= 0.3 is 0 Å². The van der Waals surface area contributed by atoms with Crippen LogP contribution in [0, 0.1) is 6.92 Å². The predicted octanol–water partition coefficient (Wildman–Crippen LogP) is 3.29. The predicted molar refractivity (Wildman–Crippen MR) is 100 cm³/mol. The van der Waals surface area contributed by atoms with Gasteiger partial charge in [-0.2, -0.15) is 0 Å². The van der Waals surface area contributed by atoms with E-state index in [4.69, 9.17) is 4.42 Å². The molecule has 0 spiro atoms. The van der Waals surface area contributed by atoms with E-state index in [1.165, 1.54) is 6.08 Å². The molecule has 6 nitrogen and oxygen atoms in total. The lowest BCUT2D eigenvalue weighted by atomic mass is 10.1. The summed E-state index contributed by atoms with van der Waals surface area (Å²) in [6.07, 6.45) is 5.90. The fourth-order valence-corrected chi connectivity index (χ4v) is 3.20. The van der Waals surface area contributed by atoms with E-state index in [1.807, 2.05) is 13.0 Å². The van der Waals surface area contributed by atoms with E-state index < -0.39 is 0 Å². The van der Waals surface area contributed by atoms with Crippen molar-refractivity contribution in [1.82, 2.24) is 9.55 Å². The van der Waals surface area contributed by atoms with Gasteiger partial charge in [-0.1, -0.05) is 0 Å². The second-order valence-electron chi connectivity index (χ2n) is 6.44. The van der Waals surface area contributed by atoms with Crippen LogP contribution in [0.15, 0.2) is 45.6 Å². The van der Waals surface area contributed by atoms with Crippen molar-refractivity contribution in [2.75, 3.05) is 5.32 Å². The van der Waals surface area contributed by atoms with Crippen molar-refractivity contribution in [3.05, 3.63) is 64.1 Å². The van der Waals surface area contributed by atoms with Crippen molar-refractivity contribution in [1.29, 1.82) is 0 Å². The van der Waals surface area contributed by atoms with Crippen molar-refractivity contribution < 1.29 is 9.21 Å². The quantitative estimate of drug-likeness (QED) is 0.736. The fourth-order valence-electron chi connectivity index (χ4n) is 3.20. The molecule has 132 valence electrons. The molecule has 26 heavy (non-hydrogen) atoms. The Morgan fingerprint density at radius 1 is 1.27 bits per heavy atom. The molecule has 0 saturated heterocycles. The number of fused-ring (bicyclic) bond motifs is 2. The van der Waals surface area contributed by atoms with Crippen molar-refractivity contribution in [3.63, 3.8) is 0 Å². The first-order chi connectivity index (χ1) is 12.6. The van der Waals surface area contributed by atoms with Gasteiger partial charge in [-0.05, 0) is 56.2 Å². The Bertz CT molecular complexity index is 1080. The maximum Gasteiger partial charge on any atom is 0.261 e. The van der Waals surface area contributed by atoms with Gasteiger partial charge in [0.05, 0.1) is 10.9 Å². The monoisotopic (exact) mass is 349 g/mol. The van der Waals surface area contributed by atoms with Crippen molar-refractivity contribution in [3.8, 4) is 0 Å². The highest BCUT2D eigenvalue weighted by Crippen LogP contribution is 2.18. The molecule has 0 aliphatic carbocycles. The number of rotatable bonds is 3. The number of aromatic nitrogens is 2. The molecule has 0 atom stereocenters. The third-order valence-electron chi connectivity index (χ3n) is 4.49. The lowest BCUT2D eigenvalue weighted by Crippen LogP contribution is -2.28. The summed E-state index contributed by atoms with van der Waals surface area (Å²) in [7, 11) is 0. The zero-order valence-corrected chi connectivity index (χ0v) is 14.5. The van der Waals surface area contributed by atoms with Crippen LogP contribution >= 0.6 is 0 Å². The Balaban J connectivity index is 1.59. The molecule has 0 radical (unpaired) electrons. The van der Waals surface area contributed by atoms with Gasteiger partial charge in [0.1, 0.15) is 17.3 Å². The molecule has 1 aromatic carbocycles. The molecule has 1 aliphatic heterocycles. The Kier molecular flexibility index (Phi) is 4.16. The molecule has 3 aromatic rings. The number of hydrogen-bond acceptors (Lipinski definition) is 4. The average Bonchev–Trinajstić information content (AvgIpc) is 3.06. The molecule has 0 unspecified atom stereocenters. The molecule has 6 heteroatoms. The third-order valence-corrected chi connectivity index (χ3v) is 4.49. The Hall–Kier alpha value is -3.15. The van der Waals surface area contributed by atoms with Crippen molar-refractivity contribution in [2.24, 2.45) is 0 Å². The second-order valence-corrected chi connectivity index (χ2v) is 6.44. The molecule has 1 amide bonds. The van der Waals surface area contributed by atoms with E-state index in [-0.39, 0.29) is 11.5 Å². The van der Waals surface area contributed by atoms with Crippen LogP contribution in [-0.4, -0.2) is 15.5 Å². The largest absolute Gasteiger partial charge is 0.462 e. The minimum absolute atomic E-state index is 0.0394. The Morgan fingerprint density at radius 3 is 2.96 bits per heavy atom. The molecule has 1 aliphatic rings. The van der Waals surface area contributed by atoms with Gasteiger partial charge in [-0.15, -0.1) is 0 Å². The first kappa shape index (κ1) is 16.3. The van der Waals surface area contributed by atoms with Crippen LogP contribution in [0.1, 0.15) is 30.2 Å². The van der Waals surface area contributed by atoms with Crippen LogP contribution in [-0.2, 0) is 17.8 Å². The zero-order valence-electron chi connectivity index (χ0n) is 14.5. The summed E-state index contributed by atoms with van der Waals surface area (Å²) >= 11 is 0. The maximum atomic E-state index is 12.7. The molecule has 1 N–H and O–H groups in total. The molecule has 4 rings (SSSR count).